The van der Waals surface area contributed by atoms with Crippen molar-refractivity contribution in [1.82, 2.24) is 9.80 Å². The lowest BCUT2D eigenvalue weighted by Crippen LogP contribution is -2.49. The molecule has 0 spiro atoms. The van der Waals surface area contributed by atoms with Crippen molar-refractivity contribution in [2.24, 2.45) is 0 Å². The molecule has 6 nitrogen and oxygen atoms in total. The first-order valence-corrected chi connectivity index (χ1v) is 16.0. The van der Waals surface area contributed by atoms with E-state index < -0.39 is 10.0 Å². The van der Waals surface area contributed by atoms with Crippen LogP contribution in [0.4, 0.5) is 5.69 Å². The van der Waals surface area contributed by atoms with Crippen LogP contribution in [0.2, 0.25) is 10.0 Å². The van der Waals surface area contributed by atoms with Gasteiger partial charge in [0.1, 0.15) is 0 Å². The van der Waals surface area contributed by atoms with Gasteiger partial charge >= 0.3 is 0 Å². The maximum absolute atomic E-state index is 13.4. The van der Waals surface area contributed by atoms with Crippen LogP contribution in [0, 0.1) is 0 Å². The first kappa shape index (κ1) is 29.1. The van der Waals surface area contributed by atoms with Gasteiger partial charge in [-0.2, -0.15) is 0 Å². The van der Waals surface area contributed by atoms with Crippen LogP contribution in [0.15, 0.2) is 103 Å². The number of rotatable bonds is 8. The summed E-state index contributed by atoms with van der Waals surface area (Å²) in [5.41, 5.74) is 3.90. The van der Waals surface area contributed by atoms with Crippen molar-refractivity contribution in [3.63, 3.8) is 0 Å². The minimum atomic E-state index is -3.65. The highest BCUT2D eigenvalue weighted by molar-refractivity contribution is 7.92. The highest BCUT2D eigenvalue weighted by Gasteiger charge is 2.29. The Morgan fingerprint density at radius 2 is 1.27 bits per heavy atom. The molecule has 1 aliphatic rings. The minimum Gasteiger partial charge on any atom is -0.336 e. The topological polar surface area (TPSA) is 60.9 Å². The lowest BCUT2D eigenvalue weighted by Gasteiger charge is -2.39. The molecule has 4 aromatic rings. The number of hydrogen-bond acceptors (Lipinski definition) is 4. The third kappa shape index (κ3) is 6.76. The number of carbonyl (C=O) groups is 1. The zero-order valence-corrected chi connectivity index (χ0v) is 25.0. The van der Waals surface area contributed by atoms with Gasteiger partial charge in [-0.3, -0.25) is 14.0 Å². The van der Waals surface area contributed by atoms with Crippen molar-refractivity contribution in [3.05, 3.63) is 135 Å². The molecule has 0 radical (unpaired) electrons. The number of benzene rings is 4. The predicted molar refractivity (Wildman–Crippen MR) is 166 cm³/mol. The van der Waals surface area contributed by atoms with Crippen LogP contribution in [-0.2, 0) is 16.6 Å². The molecule has 0 aromatic heterocycles. The second-order valence-electron chi connectivity index (χ2n) is 10.1. The molecule has 0 aliphatic carbocycles. The average Bonchev–Trinajstić information content (AvgIpc) is 2.98. The molecule has 41 heavy (non-hydrogen) atoms. The van der Waals surface area contributed by atoms with Gasteiger partial charge in [-0.05, 0) is 47.5 Å². The monoisotopic (exact) mass is 607 g/mol. The number of nitrogens with zero attached hydrogens (tertiary/aromatic N) is 3. The summed E-state index contributed by atoms with van der Waals surface area (Å²) < 4.78 is 26.6. The SMILES string of the molecule is CS(=O)(=O)N(Cc1c(Cl)cccc1Cl)c1ccc(C(=O)N2CCN(C(c3ccccc3)c3ccccc3)CC2)cc1. The van der Waals surface area contributed by atoms with Gasteiger partial charge in [0.15, 0.2) is 0 Å². The largest absolute Gasteiger partial charge is 0.336 e. The summed E-state index contributed by atoms with van der Waals surface area (Å²) in [4.78, 5) is 17.7. The Bertz CT molecular complexity index is 1530. The van der Waals surface area contributed by atoms with E-state index in [9.17, 15) is 13.2 Å². The zero-order chi connectivity index (χ0) is 29.0. The molecule has 0 N–H and O–H groups in total. The standard InChI is InChI=1S/C32H31Cl2N3O3S/c1-41(39,40)37(23-28-29(33)13-8-14-30(28)34)27-17-15-26(16-18-27)32(38)36-21-19-35(20-22-36)31(24-9-4-2-5-10-24)25-11-6-3-7-12-25/h2-18,31H,19-23H2,1H3. The molecule has 4 aromatic carbocycles. The van der Waals surface area contributed by atoms with Gasteiger partial charge in [0.2, 0.25) is 10.0 Å². The summed E-state index contributed by atoms with van der Waals surface area (Å²) in [5.74, 6) is -0.0766. The molecule has 1 amide bonds. The molecule has 0 saturated carbocycles. The molecule has 5 rings (SSSR count). The van der Waals surface area contributed by atoms with E-state index in [0.29, 0.717) is 39.9 Å². The van der Waals surface area contributed by atoms with Gasteiger partial charge in [0.25, 0.3) is 5.91 Å². The number of piperazine rings is 1. The van der Waals surface area contributed by atoms with Crippen molar-refractivity contribution < 1.29 is 13.2 Å². The van der Waals surface area contributed by atoms with Gasteiger partial charge in [0.05, 0.1) is 24.5 Å². The Balaban J connectivity index is 1.29. The molecule has 1 aliphatic heterocycles. The number of amides is 1. The first-order valence-electron chi connectivity index (χ1n) is 13.4. The van der Waals surface area contributed by atoms with Crippen LogP contribution in [0.1, 0.15) is 33.1 Å². The third-order valence-electron chi connectivity index (χ3n) is 7.36. The Kier molecular flexibility index (Phi) is 9.00. The molecule has 1 saturated heterocycles. The van der Waals surface area contributed by atoms with E-state index in [0.717, 1.165) is 19.3 Å². The number of sulfonamides is 1. The van der Waals surface area contributed by atoms with Crippen LogP contribution in [0.25, 0.3) is 0 Å². The van der Waals surface area contributed by atoms with Crippen molar-refractivity contribution in [3.8, 4) is 0 Å². The van der Waals surface area contributed by atoms with E-state index in [4.69, 9.17) is 23.2 Å². The highest BCUT2D eigenvalue weighted by atomic mass is 35.5. The summed E-state index contributed by atoms with van der Waals surface area (Å²) in [6, 6.07) is 32.7. The molecule has 212 valence electrons. The van der Waals surface area contributed by atoms with E-state index in [1.54, 1.807) is 42.5 Å². The molecule has 0 bridgehead atoms. The van der Waals surface area contributed by atoms with E-state index in [1.807, 2.05) is 17.0 Å². The number of carbonyl (C=O) groups excluding carboxylic acids is 1. The van der Waals surface area contributed by atoms with Crippen LogP contribution in [0.3, 0.4) is 0 Å². The highest BCUT2D eigenvalue weighted by Crippen LogP contribution is 2.31. The van der Waals surface area contributed by atoms with E-state index >= 15 is 0 Å². The number of anilines is 1. The Labute approximate surface area is 251 Å². The van der Waals surface area contributed by atoms with Gasteiger partial charge in [-0.1, -0.05) is 89.9 Å². The van der Waals surface area contributed by atoms with E-state index in [2.05, 4.69) is 53.4 Å². The van der Waals surface area contributed by atoms with Crippen molar-refractivity contribution in [1.29, 1.82) is 0 Å². The summed E-state index contributed by atoms with van der Waals surface area (Å²) in [5, 5.41) is 0.776. The molecule has 1 heterocycles. The third-order valence-corrected chi connectivity index (χ3v) is 9.21. The van der Waals surface area contributed by atoms with Crippen LogP contribution >= 0.6 is 23.2 Å². The molecule has 0 unspecified atom stereocenters. The quantitative estimate of drug-likeness (QED) is 0.229. The Hall–Kier alpha value is -3.36. The van der Waals surface area contributed by atoms with Gasteiger partial charge in [0, 0.05) is 47.4 Å². The van der Waals surface area contributed by atoms with Crippen molar-refractivity contribution in [2.75, 3.05) is 36.7 Å². The summed E-state index contributed by atoms with van der Waals surface area (Å²) in [6.07, 6.45) is 1.13. The van der Waals surface area contributed by atoms with Crippen molar-refractivity contribution >= 4 is 44.8 Å². The smallest absolute Gasteiger partial charge is 0.253 e. The van der Waals surface area contributed by atoms with Gasteiger partial charge in [-0.15, -0.1) is 0 Å². The van der Waals surface area contributed by atoms with Crippen LogP contribution in [0.5, 0.6) is 0 Å². The van der Waals surface area contributed by atoms with E-state index in [-0.39, 0.29) is 18.5 Å². The average molecular weight is 609 g/mol. The summed E-state index contributed by atoms with van der Waals surface area (Å²) in [7, 11) is -3.65. The van der Waals surface area contributed by atoms with E-state index in [1.165, 1.54) is 15.4 Å². The molecule has 9 heteroatoms. The fourth-order valence-electron chi connectivity index (χ4n) is 5.25. The molecule has 0 atom stereocenters. The zero-order valence-electron chi connectivity index (χ0n) is 22.7. The molecule has 1 fully saturated rings. The lowest BCUT2D eigenvalue weighted by atomic mass is 9.96. The van der Waals surface area contributed by atoms with Gasteiger partial charge in [-0.25, -0.2) is 8.42 Å². The summed E-state index contributed by atoms with van der Waals surface area (Å²) in [6.45, 7) is 2.64. The Morgan fingerprint density at radius 3 is 1.76 bits per heavy atom. The lowest BCUT2D eigenvalue weighted by molar-refractivity contribution is 0.0597. The maximum atomic E-state index is 13.4. The fraction of sp³-hybridized carbons (Fsp3) is 0.219. The first-order chi connectivity index (χ1) is 19.7. The van der Waals surface area contributed by atoms with Crippen LogP contribution in [-0.4, -0.2) is 56.6 Å². The maximum Gasteiger partial charge on any atom is 0.253 e. The van der Waals surface area contributed by atoms with Crippen LogP contribution < -0.4 is 4.31 Å². The van der Waals surface area contributed by atoms with Crippen molar-refractivity contribution in [2.45, 2.75) is 12.6 Å². The van der Waals surface area contributed by atoms with Gasteiger partial charge < -0.3 is 4.90 Å². The number of halogens is 2. The predicted octanol–water partition coefficient (Wildman–Crippen LogP) is 6.51. The fourth-order valence-corrected chi connectivity index (χ4v) is 6.63. The molecular weight excluding hydrogens is 577 g/mol. The second kappa shape index (κ2) is 12.7. The number of hydrogen-bond donors (Lipinski definition) is 0. The molecular formula is C32H31Cl2N3O3S. The summed E-state index contributed by atoms with van der Waals surface area (Å²) >= 11 is 12.6. The second-order valence-corrected chi connectivity index (χ2v) is 12.8. The minimum absolute atomic E-state index is 0.0173. The normalized spacial score (nSPS) is 14.3. The Morgan fingerprint density at radius 1 is 0.756 bits per heavy atom.